The van der Waals surface area contributed by atoms with E-state index in [1.807, 2.05) is 0 Å². The second-order valence-electron chi connectivity index (χ2n) is 13.7. The molecule has 4 atom stereocenters. The fourth-order valence-corrected chi connectivity index (χ4v) is 7.80. The predicted molar refractivity (Wildman–Crippen MR) is 201 cm³/mol. The van der Waals surface area contributed by atoms with Gasteiger partial charge in [0, 0.05) is 11.6 Å². The van der Waals surface area contributed by atoms with Gasteiger partial charge in [0.05, 0.1) is 37.3 Å². The van der Waals surface area contributed by atoms with Crippen LogP contribution in [-0.4, -0.2) is 88.2 Å². The summed E-state index contributed by atoms with van der Waals surface area (Å²) in [6.07, 6.45) is 1.15. The van der Waals surface area contributed by atoms with E-state index in [1.54, 1.807) is 13.8 Å². The van der Waals surface area contributed by atoms with Crippen molar-refractivity contribution in [1.82, 2.24) is 0 Å². The molecule has 0 spiro atoms. The van der Waals surface area contributed by atoms with Gasteiger partial charge in [-0.25, -0.2) is 9.13 Å². The minimum Gasteiger partial charge on any atom is -0.462 e. The topological polar surface area (TPSA) is 234 Å². The number of phosphoric ester groups is 2. The van der Waals surface area contributed by atoms with Gasteiger partial charge in [0.1, 0.15) is 39.6 Å². The first-order chi connectivity index (χ1) is 24.7. The van der Waals surface area contributed by atoms with Crippen molar-refractivity contribution in [2.75, 3.05) is 39.6 Å². The summed E-state index contributed by atoms with van der Waals surface area (Å²) in [5.41, 5.74) is -2.66. The molecule has 4 unspecified atom stereocenters. The lowest BCUT2D eigenvalue weighted by atomic mass is 9.83. The first-order valence-corrected chi connectivity index (χ1v) is 21.3. The van der Waals surface area contributed by atoms with Gasteiger partial charge in [0.25, 0.3) is 0 Å². The number of hydrogen-bond donors (Lipinski definition) is 2. The third-order valence-corrected chi connectivity index (χ3v) is 10.3. The molecule has 17 nitrogen and oxygen atoms in total. The summed E-state index contributed by atoms with van der Waals surface area (Å²) in [7, 11) is -8.58. The van der Waals surface area contributed by atoms with Crippen LogP contribution in [0.1, 0.15) is 91.4 Å². The standard InChI is InChI=1S/C33H50Br2O17P2/c1-9-11-47-53(41,42)49-15-13-45-28(39)32(7,34)21-30(3,4)26(37)51-24-17-23(20-36)18-25(19-24)52-27(38)31(5,6)22-33(8,35)29(40)46-14-16-50-54(43,44)48-12-10-2/h17-20H,9-16,21-22H2,1-8H3,(H,41,42)(H,43,44). The second kappa shape index (κ2) is 21.5. The van der Waals surface area contributed by atoms with Crippen LogP contribution >= 0.6 is 47.5 Å². The molecule has 308 valence electrons. The zero-order chi connectivity index (χ0) is 41.6. The number of carbonyl (C=O) groups excluding carboxylic acids is 5. The van der Waals surface area contributed by atoms with Crippen LogP contribution < -0.4 is 9.47 Å². The molecule has 21 heteroatoms. The summed E-state index contributed by atoms with van der Waals surface area (Å²) < 4.78 is 61.1. The second-order valence-corrected chi connectivity index (χ2v) is 20.1. The maximum atomic E-state index is 13.3. The highest BCUT2D eigenvalue weighted by molar-refractivity contribution is 9.10. The van der Waals surface area contributed by atoms with Crippen molar-refractivity contribution in [2.45, 2.75) is 89.7 Å². The SMILES string of the molecule is CCCOP(=O)(O)OCCOC(=O)C(C)(Br)CC(C)(C)C(=O)Oc1cc(C=O)cc(OC(=O)C(C)(C)CC(C)(Br)C(=O)OCCOP(=O)(O)OCCC)c1. The van der Waals surface area contributed by atoms with Crippen molar-refractivity contribution >= 4 is 77.7 Å². The normalized spacial score (nSPS) is 16.4. The van der Waals surface area contributed by atoms with E-state index in [0.717, 1.165) is 0 Å². The highest BCUT2D eigenvalue weighted by Crippen LogP contribution is 2.44. The van der Waals surface area contributed by atoms with Crippen LogP contribution in [0.25, 0.3) is 0 Å². The first kappa shape index (κ1) is 50.0. The maximum Gasteiger partial charge on any atom is 0.472 e. The third-order valence-electron chi connectivity index (χ3n) is 7.02. The fraction of sp³-hybridized carbons (Fsp3) is 0.667. The number of phosphoric acid groups is 2. The van der Waals surface area contributed by atoms with E-state index >= 15 is 0 Å². The zero-order valence-electron chi connectivity index (χ0n) is 31.5. The van der Waals surface area contributed by atoms with Gasteiger partial charge in [-0.05, 0) is 79.4 Å². The first-order valence-electron chi connectivity index (χ1n) is 16.7. The van der Waals surface area contributed by atoms with Gasteiger partial charge >= 0.3 is 39.5 Å². The summed E-state index contributed by atoms with van der Waals surface area (Å²) in [5.74, 6) is -3.49. The van der Waals surface area contributed by atoms with Crippen LogP contribution in [0, 0.1) is 10.8 Å². The summed E-state index contributed by atoms with van der Waals surface area (Å²) in [6.45, 7) is 10.9. The van der Waals surface area contributed by atoms with Crippen LogP contribution in [0.4, 0.5) is 0 Å². The van der Waals surface area contributed by atoms with Gasteiger partial charge in [-0.15, -0.1) is 0 Å². The molecule has 0 aliphatic rings. The van der Waals surface area contributed by atoms with E-state index in [-0.39, 0.29) is 56.3 Å². The highest BCUT2D eigenvalue weighted by Gasteiger charge is 2.44. The number of carbonyl (C=O) groups is 5. The molecule has 0 heterocycles. The molecule has 0 aromatic heterocycles. The number of aldehydes is 1. The molecule has 0 fully saturated rings. The van der Waals surface area contributed by atoms with Crippen LogP contribution in [0.5, 0.6) is 11.5 Å². The summed E-state index contributed by atoms with van der Waals surface area (Å²) in [6, 6.07) is 3.71. The average molecular weight is 941 g/mol. The number of hydrogen-bond acceptors (Lipinski definition) is 15. The van der Waals surface area contributed by atoms with Crippen molar-refractivity contribution in [1.29, 1.82) is 0 Å². The molecule has 0 saturated carbocycles. The monoisotopic (exact) mass is 938 g/mol. The largest absolute Gasteiger partial charge is 0.472 e. The van der Waals surface area contributed by atoms with Crippen molar-refractivity contribution < 1.29 is 79.9 Å². The number of esters is 4. The lowest BCUT2D eigenvalue weighted by Gasteiger charge is -2.30. The van der Waals surface area contributed by atoms with Crippen molar-refractivity contribution in [3.63, 3.8) is 0 Å². The quantitative estimate of drug-likeness (QED) is 0.0262. The molecule has 1 aromatic rings. The highest BCUT2D eigenvalue weighted by atomic mass is 79.9. The number of alkyl halides is 2. The number of rotatable bonds is 25. The van der Waals surface area contributed by atoms with Crippen molar-refractivity contribution in [3.8, 4) is 11.5 Å². The molecule has 1 aromatic carbocycles. The molecule has 0 amide bonds. The Labute approximate surface area is 331 Å². The van der Waals surface area contributed by atoms with E-state index < -0.39 is 72.2 Å². The third kappa shape index (κ3) is 17.8. The molecule has 0 saturated heterocycles. The van der Waals surface area contributed by atoms with Crippen LogP contribution in [0.2, 0.25) is 0 Å². The molecule has 0 aliphatic heterocycles. The van der Waals surface area contributed by atoms with E-state index in [1.165, 1.54) is 59.7 Å². The van der Waals surface area contributed by atoms with Gasteiger partial charge in [0.15, 0.2) is 0 Å². The summed E-state index contributed by atoms with van der Waals surface area (Å²) in [4.78, 5) is 83.1. The Morgan fingerprint density at radius 2 is 0.944 bits per heavy atom. The maximum absolute atomic E-state index is 13.3. The molecular weight excluding hydrogens is 890 g/mol. The average Bonchev–Trinajstić information content (AvgIpc) is 3.05. The Hall–Kier alpha value is -2.05. The van der Waals surface area contributed by atoms with E-state index in [2.05, 4.69) is 31.9 Å². The molecule has 54 heavy (non-hydrogen) atoms. The Morgan fingerprint density at radius 1 is 0.611 bits per heavy atom. The van der Waals surface area contributed by atoms with E-state index in [4.69, 9.17) is 37.0 Å². The number of benzene rings is 1. The Morgan fingerprint density at radius 3 is 1.26 bits per heavy atom. The Balaban J connectivity index is 2.90. The number of ether oxygens (including phenoxy) is 4. The molecular formula is C33H50Br2O17P2. The molecule has 0 aliphatic carbocycles. The Bertz CT molecular complexity index is 1450. The Kier molecular flexibility index (Phi) is 19.9. The van der Waals surface area contributed by atoms with Crippen LogP contribution in [-0.2, 0) is 55.9 Å². The molecule has 0 radical (unpaired) electrons. The molecule has 1 rings (SSSR count). The van der Waals surface area contributed by atoms with E-state index in [0.29, 0.717) is 19.1 Å². The van der Waals surface area contributed by atoms with Crippen LogP contribution in [0.3, 0.4) is 0 Å². The lowest BCUT2D eigenvalue weighted by Crippen LogP contribution is -2.41. The van der Waals surface area contributed by atoms with Crippen molar-refractivity contribution in [2.24, 2.45) is 10.8 Å². The smallest absolute Gasteiger partial charge is 0.462 e. The predicted octanol–water partition coefficient (Wildman–Crippen LogP) is 6.62. The summed E-state index contributed by atoms with van der Waals surface area (Å²) >= 11 is 6.57. The fourth-order valence-electron chi connectivity index (χ4n) is 4.58. The van der Waals surface area contributed by atoms with Gasteiger partial charge in [-0.2, -0.15) is 0 Å². The molecule has 0 bridgehead atoms. The number of halogens is 2. The van der Waals surface area contributed by atoms with Crippen molar-refractivity contribution in [3.05, 3.63) is 23.8 Å². The van der Waals surface area contributed by atoms with Crippen LogP contribution in [0.15, 0.2) is 18.2 Å². The van der Waals surface area contributed by atoms with Gasteiger partial charge in [-0.1, -0.05) is 45.7 Å². The van der Waals surface area contributed by atoms with Gasteiger partial charge < -0.3 is 28.7 Å². The van der Waals surface area contributed by atoms with E-state index in [9.17, 15) is 42.9 Å². The van der Waals surface area contributed by atoms with Gasteiger partial charge in [0.2, 0.25) is 0 Å². The minimum absolute atomic E-state index is 0.00556. The lowest BCUT2D eigenvalue weighted by molar-refractivity contribution is -0.151. The molecule has 2 N–H and O–H groups in total. The zero-order valence-corrected chi connectivity index (χ0v) is 36.5. The van der Waals surface area contributed by atoms with Gasteiger partial charge in [-0.3, -0.25) is 42.1 Å². The summed E-state index contributed by atoms with van der Waals surface area (Å²) in [5, 5.41) is 0. The minimum atomic E-state index is -4.29.